The number of sulfonamides is 1. The highest BCUT2D eigenvalue weighted by Gasteiger charge is 2.33. The summed E-state index contributed by atoms with van der Waals surface area (Å²) in [6.07, 6.45) is -0.0163. The van der Waals surface area contributed by atoms with Gasteiger partial charge >= 0.3 is 5.97 Å². The first-order chi connectivity index (χ1) is 10.8. The molecule has 23 heavy (non-hydrogen) atoms. The molecule has 0 heterocycles. The number of rotatable bonds is 6. The maximum atomic E-state index is 12.6. The molecule has 0 aliphatic heterocycles. The van der Waals surface area contributed by atoms with Gasteiger partial charge in [-0.1, -0.05) is 48.0 Å². The summed E-state index contributed by atoms with van der Waals surface area (Å²) in [6.45, 7) is 0. The number of carbonyl (C=O) groups is 1. The third-order valence-electron chi connectivity index (χ3n) is 3.52. The molecule has 0 aliphatic rings. The average molecular weight is 354 g/mol. The maximum Gasteiger partial charge on any atom is 0.322 e. The summed E-state index contributed by atoms with van der Waals surface area (Å²) in [5.74, 6) is -1.23. The van der Waals surface area contributed by atoms with Crippen LogP contribution in [0.15, 0.2) is 59.5 Å². The Balaban J connectivity index is 2.35. The smallest absolute Gasteiger partial charge is 0.322 e. The highest BCUT2D eigenvalue weighted by atomic mass is 35.5. The number of likely N-dealkylation sites (N-methyl/N-ethyl adjacent to an activating group) is 1. The zero-order valence-electron chi connectivity index (χ0n) is 12.4. The summed E-state index contributed by atoms with van der Waals surface area (Å²) in [6, 6.07) is 13.3. The van der Waals surface area contributed by atoms with Crippen molar-refractivity contribution in [2.75, 3.05) is 7.05 Å². The average Bonchev–Trinajstić information content (AvgIpc) is 2.54. The van der Waals surface area contributed by atoms with Gasteiger partial charge in [0.1, 0.15) is 6.04 Å². The van der Waals surface area contributed by atoms with Gasteiger partial charge in [0, 0.05) is 18.5 Å². The van der Waals surface area contributed by atoms with Crippen LogP contribution in [0.3, 0.4) is 0 Å². The van der Waals surface area contributed by atoms with E-state index in [2.05, 4.69) is 0 Å². The molecule has 2 rings (SSSR count). The van der Waals surface area contributed by atoms with Gasteiger partial charge in [0.25, 0.3) is 0 Å². The first-order valence-electron chi connectivity index (χ1n) is 6.83. The molecule has 0 radical (unpaired) electrons. The normalized spacial score (nSPS) is 13.0. The minimum atomic E-state index is -3.91. The molecule has 0 saturated heterocycles. The molecule has 7 heteroatoms. The van der Waals surface area contributed by atoms with Crippen molar-refractivity contribution in [2.45, 2.75) is 17.4 Å². The molecule has 2 aromatic carbocycles. The van der Waals surface area contributed by atoms with E-state index in [1.54, 1.807) is 42.5 Å². The maximum absolute atomic E-state index is 12.6. The Morgan fingerprint density at radius 1 is 1.13 bits per heavy atom. The van der Waals surface area contributed by atoms with Crippen LogP contribution in [0.25, 0.3) is 0 Å². The Morgan fingerprint density at radius 3 is 2.26 bits per heavy atom. The lowest BCUT2D eigenvalue weighted by Crippen LogP contribution is -2.43. The van der Waals surface area contributed by atoms with Gasteiger partial charge in [0.2, 0.25) is 10.0 Å². The SMILES string of the molecule is CN([C@H](Cc1ccccc1Cl)C(=O)O)S(=O)(=O)c1ccccc1. The third kappa shape index (κ3) is 3.90. The van der Waals surface area contributed by atoms with Crippen molar-refractivity contribution >= 4 is 27.6 Å². The molecule has 1 N–H and O–H groups in total. The number of aliphatic carboxylic acids is 1. The zero-order valence-corrected chi connectivity index (χ0v) is 14.0. The van der Waals surface area contributed by atoms with E-state index in [0.29, 0.717) is 10.6 Å². The lowest BCUT2D eigenvalue weighted by Gasteiger charge is -2.24. The van der Waals surface area contributed by atoms with Crippen LogP contribution in [0.4, 0.5) is 0 Å². The largest absolute Gasteiger partial charge is 0.480 e. The fourth-order valence-electron chi connectivity index (χ4n) is 2.17. The molecule has 1 atom stereocenters. The van der Waals surface area contributed by atoms with Crippen LogP contribution in [-0.4, -0.2) is 36.9 Å². The lowest BCUT2D eigenvalue weighted by atomic mass is 10.1. The molecule has 122 valence electrons. The molecule has 0 bridgehead atoms. The molecular weight excluding hydrogens is 338 g/mol. The Morgan fingerprint density at radius 2 is 1.70 bits per heavy atom. The van der Waals surface area contributed by atoms with Crippen LogP contribution < -0.4 is 0 Å². The third-order valence-corrected chi connectivity index (χ3v) is 5.76. The molecule has 0 aliphatic carbocycles. The molecule has 0 spiro atoms. The summed E-state index contributed by atoms with van der Waals surface area (Å²) in [5, 5.41) is 9.86. The molecule has 0 unspecified atom stereocenters. The van der Waals surface area contributed by atoms with Gasteiger partial charge in [0.15, 0.2) is 0 Å². The molecular formula is C16H16ClNO4S. The predicted octanol–water partition coefficient (Wildman–Crippen LogP) is 2.66. The van der Waals surface area contributed by atoms with Crippen LogP contribution in [0.2, 0.25) is 5.02 Å². The van der Waals surface area contributed by atoms with Crippen molar-refractivity contribution in [3.8, 4) is 0 Å². The Bertz CT molecular complexity index is 793. The molecule has 2 aromatic rings. The van der Waals surface area contributed by atoms with Crippen molar-refractivity contribution in [3.63, 3.8) is 0 Å². The van der Waals surface area contributed by atoms with E-state index < -0.39 is 22.0 Å². The van der Waals surface area contributed by atoms with E-state index in [1.807, 2.05) is 0 Å². The zero-order chi connectivity index (χ0) is 17.0. The van der Waals surface area contributed by atoms with Crippen molar-refractivity contribution in [2.24, 2.45) is 0 Å². The van der Waals surface area contributed by atoms with Crippen LogP contribution in [0.5, 0.6) is 0 Å². The minimum absolute atomic E-state index is 0.0163. The van der Waals surface area contributed by atoms with E-state index in [9.17, 15) is 18.3 Å². The van der Waals surface area contributed by atoms with Gasteiger partial charge in [0.05, 0.1) is 4.90 Å². The van der Waals surface area contributed by atoms with Crippen molar-refractivity contribution in [1.82, 2.24) is 4.31 Å². The van der Waals surface area contributed by atoms with Gasteiger partial charge in [-0.05, 0) is 23.8 Å². The van der Waals surface area contributed by atoms with Crippen molar-refractivity contribution in [3.05, 3.63) is 65.2 Å². The Hall–Kier alpha value is -1.89. The monoisotopic (exact) mass is 353 g/mol. The van der Waals surface area contributed by atoms with E-state index >= 15 is 0 Å². The van der Waals surface area contributed by atoms with Crippen LogP contribution in [0.1, 0.15) is 5.56 Å². The first-order valence-corrected chi connectivity index (χ1v) is 8.65. The standard InChI is InChI=1S/C16H16ClNO4S/c1-18(23(21,22)13-8-3-2-4-9-13)15(16(19)20)11-12-7-5-6-10-14(12)17/h2-10,15H,11H2,1H3,(H,19,20)/t15-/m1/s1. The summed E-state index contributed by atoms with van der Waals surface area (Å²) in [4.78, 5) is 11.6. The number of hydrogen-bond acceptors (Lipinski definition) is 3. The van der Waals surface area contributed by atoms with E-state index in [0.717, 1.165) is 4.31 Å². The highest BCUT2D eigenvalue weighted by Crippen LogP contribution is 2.22. The minimum Gasteiger partial charge on any atom is -0.480 e. The molecule has 0 aromatic heterocycles. The topological polar surface area (TPSA) is 74.7 Å². The van der Waals surface area contributed by atoms with Crippen LogP contribution >= 0.6 is 11.6 Å². The number of hydrogen-bond donors (Lipinski definition) is 1. The van der Waals surface area contributed by atoms with E-state index in [-0.39, 0.29) is 11.3 Å². The Labute approximate surface area is 140 Å². The number of carboxylic acids is 1. The van der Waals surface area contributed by atoms with Crippen LogP contribution in [-0.2, 0) is 21.2 Å². The number of halogens is 1. The molecule has 0 amide bonds. The fraction of sp³-hybridized carbons (Fsp3) is 0.188. The predicted molar refractivity (Wildman–Crippen MR) is 88.0 cm³/mol. The second kappa shape index (κ2) is 7.12. The fourth-order valence-corrected chi connectivity index (χ4v) is 3.72. The van der Waals surface area contributed by atoms with E-state index in [4.69, 9.17) is 11.6 Å². The molecule has 5 nitrogen and oxygen atoms in total. The molecule has 0 fully saturated rings. The summed E-state index contributed by atoms with van der Waals surface area (Å²) < 4.78 is 26.0. The number of carboxylic acid groups (broad SMARTS) is 1. The highest BCUT2D eigenvalue weighted by molar-refractivity contribution is 7.89. The van der Waals surface area contributed by atoms with Gasteiger partial charge in [-0.2, -0.15) is 4.31 Å². The van der Waals surface area contributed by atoms with Gasteiger partial charge in [-0.25, -0.2) is 8.42 Å². The summed E-state index contributed by atoms with van der Waals surface area (Å²) in [7, 11) is -2.64. The lowest BCUT2D eigenvalue weighted by molar-refractivity contribution is -0.141. The summed E-state index contributed by atoms with van der Waals surface area (Å²) >= 11 is 6.05. The summed E-state index contributed by atoms with van der Waals surface area (Å²) in [5.41, 5.74) is 0.580. The number of benzene rings is 2. The quantitative estimate of drug-likeness (QED) is 0.866. The van der Waals surface area contributed by atoms with Gasteiger partial charge in [-0.15, -0.1) is 0 Å². The molecule has 0 saturated carbocycles. The van der Waals surface area contributed by atoms with Crippen molar-refractivity contribution in [1.29, 1.82) is 0 Å². The van der Waals surface area contributed by atoms with Crippen molar-refractivity contribution < 1.29 is 18.3 Å². The van der Waals surface area contributed by atoms with Gasteiger partial charge in [-0.3, -0.25) is 4.79 Å². The van der Waals surface area contributed by atoms with Gasteiger partial charge < -0.3 is 5.11 Å². The Kier molecular flexibility index (Phi) is 5.41. The van der Waals surface area contributed by atoms with Crippen LogP contribution in [0, 0.1) is 0 Å². The first kappa shape index (κ1) is 17.5. The second-order valence-electron chi connectivity index (χ2n) is 4.98. The van der Waals surface area contributed by atoms with E-state index in [1.165, 1.54) is 19.2 Å². The number of nitrogens with zero attached hydrogens (tertiary/aromatic N) is 1. The second-order valence-corrected chi connectivity index (χ2v) is 7.39.